The molecule has 1 aliphatic heterocycles. The molecule has 3 rings (SSSR count). The average Bonchev–Trinajstić information content (AvgIpc) is 3.08. The number of aryl methyl sites for hydroxylation is 2. The van der Waals surface area contributed by atoms with Crippen molar-refractivity contribution < 1.29 is 19.3 Å². The highest BCUT2D eigenvalue weighted by molar-refractivity contribution is 5.34. The van der Waals surface area contributed by atoms with Gasteiger partial charge in [0.25, 0.3) is 0 Å². The maximum Gasteiger partial charge on any atom is 0.123 e. The Morgan fingerprint density at radius 2 is 2.04 bits per heavy atom. The van der Waals surface area contributed by atoms with Gasteiger partial charge in [0.1, 0.15) is 24.3 Å². The van der Waals surface area contributed by atoms with Crippen LogP contribution < -0.4 is 4.74 Å². The van der Waals surface area contributed by atoms with Gasteiger partial charge in [-0.2, -0.15) is 0 Å². The molecule has 0 bridgehead atoms. The van der Waals surface area contributed by atoms with E-state index < -0.39 is 12.2 Å². The van der Waals surface area contributed by atoms with Gasteiger partial charge in [0.2, 0.25) is 0 Å². The van der Waals surface area contributed by atoms with Crippen molar-refractivity contribution in [2.45, 2.75) is 50.9 Å². The van der Waals surface area contributed by atoms with Crippen LogP contribution in [0.3, 0.4) is 0 Å². The van der Waals surface area contributed by atoms with E-state index in [4.69, 9.17) is 4.74 Å². The molecule has 0 unspecified atom stereocenters. The van der Waals surface area contributed by atoms with Gasteiger partial charge in [0.05, 0.1) is 18.1 Å². The molecule has 1 aromatic heterocycles. The predicted octanol–water partition coefficient (Wildman–Crippen LogP) is 2.28. The topological polar surface area (TPSA) is 70.8 Å². The summed E-state index contributed by atoms with van der Waals surface area (Å²) >= 11 is 0. The van der Waals surface area contributed by atoms with Crippen molar-refractivity contribution in [1.29, 1.82) is 0 Å². The zero-order chi connectivity index (χ0) is 19.9. The molecule has 2 heterocycles. The van der Waals surface area contributed by atoms with Crippen LogP contribution in [0.15, 0.2) is 30.7 Å². The van der Waals surface area contributed by atoms with E-state index in [1.807, 2.05) is 17.8 Å². The zero-order valence-electron chi connectivity index (χ0n) is 16.4. The first kappa shape index (κ1) is 20.8. The second kappa shape index (κ2) is 10.0. The minimum atomic E-state index is -0.988. The summed E-state index contributed by atoms with van der Waals surface area (Å²) in [5.41, 5.74) is 1.80. The molecule has 1 aliphatic rings. The second-order valence-corrected chi connectivity index (χ2v) is 7.60. The van der Waals surface area contributed by atoms with Gasteiger partial charge < -0.3 is 19.5 Å². The van der Waals surface area contributed by atoms with Crippen LogP contribution in [0.2, 0.25) is 0 Å². The molecule has 0 saturated carbocycles. The fourth-order valence-electron chi connectivity index (χ4n) is 3.55. The first-order chi connectivity index (χ1) is 13.5. The molecule has 1 aromatic carbocycles. The predicted molar refractivity (Wildman–Crippen MR) is 105 cm³/mol. The summed E-state index contributed by atoms with van der Waals surface area (Å²) in [5, 5.41) is 20.6. The largest absolute Gasteiger partial charge is 0.491 e. The highest BCUT2D eigenvalue weighted by atomic mass is 19.1. The summed E-state index contributed by atoms with van der Waals surface area (Å²) in [7, 11) is 1.94. The second-order valence-electron chi connectivity index (χ2n) is 7.60. The Morgan fingerprint density at radius 1 is 1.18 bits per heavy atom. The van der Waals surface area contributed by atoms with E-state index in [9.17, 15) is 14.6 Å². The summed E-state index contributed by atoms with van der Waals surface area (Å²) in [4.78, 5) is 6.65. The number of aliphatic hydroxyl groups excluding tert-OH is 2. The number of halogens is 1. The molecule has 154 valence electrons. The van der Waals surface area contributed by atoms with Crippen LogP contribution in [0.4, 0.5) is 4.39 Å². The van der Waals surface area contributed by atoms with Crippen molar-refractivity contribution in [2.24, 2.45) is 7.05 Å². The number of hydrogen-bond acceptors (Lipinski definition) is 5. The Hall–Kier alpha value is -1.96. The molecule has 2 N–H and O–H groups in total. The number of aliphatic hydroxyl groups is 2. The Labute approximate surface area is 165 Å². The first-order valence-electron chi connectivity index (χ1n) is 9.98. The van der Waals surface area contributed by atoms with Gasteiger partial charge in [0, 0.05) is 26.3 Å². The van der Waals surface area contributed by atoms with Crippen LogP contribution in [-0.2, 0) is 20.0 Å². The first-order valence-corrected chi connectivity index (χ1v) is 9.98. The third-order valence-corrected chi connectivity index (χ3v) is 5.18. The van der Waals surface area contributed by atoms with E-state index in [1.165, 1.54) is 12.1 Å². The van der Waals surface area contributed by atoms with Gasteiger partial charge in [0.15, 0.2) is 0 Å². The molecule has 28 heavy (non-hydrogen) atoms. The molecule has 6 nitrogen and oxygen atoms in total. The summed E-state index contributed by atoms with van der Waals surface area (Å²) < 4.78 is 21.2. The fourth-order valence-corrected chi connectivity index (χ4v) is 3.55. The van der Waals surface area contributed by atoms with Crippen molar-refractivity contribution in [1.82, 2.24) is 14.5 Å². The lowest BCUT2D eigenvalue weighted by molar-refractivity contribution is -0.0163. The molecular formula is C21H30FN3O3. The maximum absolute atomic E-state index is 13.6. The van der Waals surface area contributed by atoms with E-state index in [-0.39, 0.29) is 12.4 Å². The smallest absolute Gasteiger partial charge is 0.123 e. The van der Waals surface area contributed by atoms with Crippen LogP contribution in [0.25, 0.3) is 0 Å². The van der Waals surface area contributed by atoms with E-state index in [0.717, 1.165) is 43.5 Å². The molecule has 0 fully saturated rings. The number of nitrogens with zero attached hydrogens (tertiary/aromatic N) is 3. The van der Waals surface area contributed by atoms with Crippen LogP contribution in [0.1, 0.15) is 36.9 Å². The number of rotatable bonds is 2. The number of fused-ring (bicyclic) bond motifs is 1. The van der Waals surface area contributed by atoms with Gasteiger partial charge in [-0.25, -0.2) is 9.37 Å². The third-order valence-electron chi connectivity index (χ3n) is 5.18. The summed E-state index contributed by atoms with van der Waals surface area (Å²) in [5.74, 6) is 0.298. The lowest BCUT2D eigenvalue weighted by Crippen LogP contribution is -2.36. The van der Waals surface area contributed by atoms with E-state index in [2.05, 4.69) is 9.88 Å². The van der Waals surface area contributed by atoms with Crippen molar-refractivity contribution >= 4 is 0 Å². The highest BCUT2D eigenvalue weighted by Crippen LogP contribution is 2.23. The molecule has 2 aromatic rings. The zero-order valence-corrected chi connectivity index (χ0v) is 16.4. The molecule has 7 heteroatoms. The number of ether oxygens (including phenoxy) is 1. The van der Waals surface area contributed by atoms with Crippen molar-refractivity contribution in [3.63, 3.8) is 0 Å². The molecule has 2 atom stereocenters. The van der Waals surface area contributed by atoms with Gasteiger partial charge in [-0.05, 0) is 56.0 Å². The standard InChI is InChI=1S/C21H30FN3O3/c1-24-12-18(23-15-24)13-25-9-4-2-3-5-16-11-17(22)6-7-21(16)28-14-20(27)19(26)8-10-25/h6-7,11-12,15,19-20,26-27H,2-5,8-10,13-14H2,1H3/t19-,20+/m0/s1. The normalized spacial score (nSPS) is 22.9. The molecule has 0 amide bonds. The Bertz CT molecular complexity index is 752. The van der Waals surface area contributed by atoms with Crippen molar-refractivity contribution in [3.05, 3.63) is 47.8 Å². The Balaban J connectivity index is 1.66. The van der Waals surface area contributed by atoms with Crippen LogP contribution in [0, 0.1) is 5.82 Å². The van der Waals surface area contributed by atoms with E-state index in [1.54, 1.807) is 12.4 Å². The summed E-state index contributed by atoms with van der Waals surface area (Å²) in [6.45, 7) is 2.27. The van der Waals surface area contributed by atoms with Crippen molar-refractivity contribution in [2.75, 3.05) is 19.7 Å². The molecule has 0 radical (unpaired) electrons. The fraction of sp³-hybridized carbons (Fsp3) is 0.571. The number of imidazole rings is 1. The lowest BCUT2D eigenvalue weighted by atomic mass is 10.0. The van der Waals surface area contributed by atoms with Crippen LogP contribution >= 0.6 is 0 Å². The van der Waals surface area contributed by atoms with Gasteiger partial charge in [-0.3, -0.25) is 4.90 Å². The molecular weight excluding hydrogens is 361 g/mol. The lowest BCUT2D eigenvalue weighted by Gasteiger charge is -2.25. The number of benzene rings is 1. The van der Waals surface area contributed by atoms with Gasteiger partial charge >= 0.3 is 0 Å². The Morgan fingerprint density at radius 3 is 2.82 bits per heavy atom. The molecule has 0 aliphatic carbocycles. The minimum Gasteiger partial charge on any atom is -0.491 e. The molecule has 0 spiro atoms. The quantitative estimate of drug-likeness (QED) is 0.822. The maximum atomic E-state index is 13.6. The molecule has 0 saturated heterocycles. The van der Waals surface area contributed by atoms with Crippen LogP contribution in [0.5, 0.6) is 5.75 Å². The van der Waals surface area contributed by atoms with Gasteiger partial charge in [-0.1, -0.05) is 6.42 Å². The number of aromatic nitrogens is 2. The number of hydrogen-bond donors (Lipinski definition) is 2. The van der Waals surface area contributed by atoms with E-state index >= 15 is 0 Å². The van der Waals surface area contributed by atoms with E-state index in [0.29, 0.717) is 25.3 Å². The van der Waals surface area contributed by atoms with Gasteiger partial charge in [-0.15, -0.1) is 0 Å². The highest BCUT2D eigenvalue weighted by Gasteiger charge is 2.20. The summed E-state index contributed by atoms with van der Waals surface area (Å²) in [6.07, 6.45) is 6.08. The van der Waals surface area contributed by atoms with Crippen LogP contribution in [-0.4, -0.2) is 56.6 Å². The average molecular weight is 391 g/mol. The Kier molecular flexibility index (Phi) is 7.42. The summed E-state index contributed by atoms with van der Waals surface area (Å²) in [6, 6.07) is 4.46. The van der Waals surface area contributed by atoms with Crippen molar-refractivity contribution in [3.8, 4) is 5.75 Å². The third kappa shape index (κ3) is 6.02. The SMILES string of the molecule is Cn1cnc(CN2CCCCCc3cc(F)ccc3OC[C@@H](O)[C@@H](O)CC2)c1. The monoisotopic (exact) mass is 391 g/mol. The minimum absolute atomic E-state index is 0.0138.